The highest BCUT2D eigenvalue weighted by molar-refractivity contribution is 6.34. The van der Waals surface area contributed by atoms with Gasteiger partial charge in [0.1, 0.15) is 0 Å². The smallest absolute Gasteiger partial charge is 0.435 e. The van der Waals surface area contributed by atoms with Crippen LogP contribution in [0, 0.1) is 0 Å². The van der Waals surface area contributed by atoms with Crippen molar-refractivity contribution in [2.24, 2.45) is 5.16 Å². The fraction of sp³-hybridized carbons (Fsp3) is 0.333. The zero-order chi connectivity index (χ0) is 23.0. The van der Waals surface area contributed by atoms with Crippen LogP contribution in [-0.2, 0) is 21.7 Å². The van der Waals surface area contributed by atoms with Gasteiger partial charge in [-0.1, -0.05) is 34.4 Å². The van der Waals surface area contributed by atoms with E-state index in [0.717, 1.165) is 12.1 Å². The first-order valence-electron chi connectivity index (χ1n) is 9.11. The van der Waals surface area contributed by atoms with E-state index in [1.54, 1.807) is 6.07 Å². The number of alkyl halides is 3. The van der Waals surface area contributed by atoms with Crippen molar-refractivity contribution in [3.05, 3.63) is 68.7 Å². The predicted octanol–water partition coefficient (Wildman–Crippen LogP) is 5.42. The summed E-state index contributed by atoms with van der Waals surface area (Å²) in [6, 6.07) is 8.31. The second kappa shape index (κ2) is 8.68. The Labute approximate surface area is 187 Å². The Bertz CT molecular complexity index is 1020. The summed E-state index contributed by atoms with van der Waals surface area (Å²) in [5.74, 6) is -0.536. The van der Waals surface area contributed by atoms with E-state index in [-0.39, 0.29) is 21.3 Å². The Morgan fingerprint density at radius 1 is 1.19 bits per heavy atom. The summed E-state index contributed by atoms with van der Waals surface area (Å²) in [6.07, 6.45) is -5.36. The van der Waals surface area contributed by atoms with Crippen molar-refractivity contribution >= 4 is 34.9 Å². The molecule has 5 nitrogen and oxygen atoms in total. The van der Waals surface area contributed by atoms with Crippen LogP contribution < -0.4 is 0 Å². The molecule has 1 aliphatic heterocycles. The lowest BCUT2D eigenvalue weighted by Gasteiger charge is -2.29. The van der Waals surface area contributed by atoms with Crippen molar-refractivity contribution in [3.63, 3.8) is 0 Å². The summed E-state index contributed by atoms with van der Waals surface area (Å²) in [4.78, 5) is 18.9. The minimum atomic E-state index is -4.79. The van der Waals surface area contributed by atoms with E-state index >= 15 is 0 Å². The molecular formula is C21H19Cl2F3N2O3. The van der Waals surface area contributed by atoms with E-state index < -0.39 is 24.2 Å². The maximum Gasteiger partial charge on any atom is 0.435 e. The van der Waals surface area contributed by atoms with Gasteiger partial charge in [0.2, 0.25) is 0 Å². The highest BCUT2D eigenvalue weighted by Crippen LogP contribution is 2.49. The lowest BCUT2D eigenvalue weighted by molar-refractivity contribution is -0.275. The highest BCUT2D eigenvalue weighted by Gasteiger charge is 2.62. The van der Waals surface area contributed by atoms with E-state index in [2.05, 4.69) is 5.16 Å². The Balaban J connectivity index is 2.03. The third kappa shape index (κ3) is 4.66. The number of hydrogen-bond acceptors (Lipinski definition) is 5. The van der Waals surface area contributed by atoms with Gasteiger partial charge in [-0.15, -0.1) is 0 Å². The predicted molar refractivity (Wildman–Crippen MR) is 112 cm³/mol. The number of esters is 1. The fourth-order valence-corrected chi connectivity index (χ4v) is 3.93. The molecule has 0 saturated heterocycles. The minimum Gasteiger partial charge on any atom is -0.465 e. The van der Waals surface area contributed by atoms with Crippen LogP contribution in [0.25, 0.3) is 0 Å². The van der Waals surface area contributed by atoms with Crippen LogP contribution in [-0.4, -0.2) is 44.0 Å². The van der Waals surface area contributed by atoms with Crippen molar-refractivity contribution < 1.29 is 27.5 Å². The second-order valence-electron chi connectivity index (χ2n) is 7.39. The molecule has 31 heavy (non-hydrogen) atoms. The molecule has 0 aliphatic carbocycles. The molecule has 0 fully saturated rings. The van der Waals surface area contributed by atoms with Gasteiger partial charge in [-0.05, 0) is 55.6 Å². The van der Waals surface area contributed by atoms with Gasteiger partial charge < -0.3 is 14.5 Å². The van der Waals surface area contributed by atoms with Gasteiger partial charge in [-0.25, -0.2) is 4.79 Å². The molecule has 0 bridgehead atoms. The average molecular weight is 475 g/mol. The summed E-state index contributed by atoms with van der Waals surface area (Å²) >= 11 is 11.9. The first-order valence-corrected chi connectivity index (χ1v) is 9.87. The molecule has 0 radical (unpaired) electrons. The molecule has 1 unspecified atom stereocenters. The molecule has 166 valence electrons. The topological polar surface area (TPSA) is 51.1 Å². The van der Waals surface area contributed by atoms with Gasteiger partial charge in [-0.2, -0.15) is 13.2 Å². The van der Waals surface area contributed by atoms with E-state index in [4.69, 9.17) is 32.8 Å². The highest BCUT2D eigenvalue weighted by atomic mass is 35.5. The first kappa shape index (κ1) is 23.4. The molecule has 0 aromatic heterocycles. The van der Waals surface area contributed by atoms with Crippen LogP contribution in [0.2, 0.25) is 10.0 Å². The molecule has 2 aromatic carbocycles. The number of methoxy groups -OCH3 is 1. The van der Waals surface area contributed by atoms with Crippen molar-refractivity contribution in [1.82, 2.24) is 4.90 Å². The quantitative estimate of drug-likeness (QED) is 0.542. The zero-order valence-corrected chi connectivity index (χ0v) is 18.4. The van der Waals surface area contributed by atoms with Crippen LogP contribution in [0.15, 0.2) is 41.6 Å². The van der Waals surface area contributed by atoms with Gasteiger partial charge in [0.15, 0.2) is 0 Å². The standard InChI is InChI=1S/C21H19Cl2F3N2O3/c1-28(2)11-13-6-12(4-5-17(13)19(29)30-3)18-10-20(31-27-18,21(24,25)26)14-7-15(22)9-16(23)8-14/h4-9H,10-11H2,1-3H3. The number of benzene rings is 2. The lowest BCUT2D eigenvalue weighted by atomic mass is 9.86. The third-order valence-corrected chi connectivity index (χ3v) is 5.28. The maximum absolute atomic E-state index is 14.2. The van der Waals surface area contributed by atoms with Crippen LogP contribution in [0.4, 0.5) is 13.2 Å². The van der Waals surface area contributed by atoms with E-state index in [0.29, 0.717) is 23.2 Å². The molecule has 0 amide bonds. The molecule has 2 aromatic rings. The fourth-order valence-electron chi connectivity index (χ4n) is 3.40. The monoisotopic (exact) mass is 474 g/mol. The average Bonchev–Trinajstić information content (AvgIpc) is 3.13. The number of oxime groups is 1. The number of halogens is 5. The third-order valence-electron chi connectivity index (χ3n) is 4.85. The molecule has 1 atom stereocenters. The van der Waals surface area contributed by atoms with Crippen LogP contribution in [0.1, 0.15) is 33.5 Å². The normalized spacial score (nSPS) is 18.7. The van der Waals surface area contributed by atoms with Gasteiger partial charge >= 0.3 is 12.1 Å². The maximum atomic E-state index is 14.2. The summed E-state index contributed by atoms with van der Waals surface area (Å²) in [5, 5.41) is 3.87. The number of carbonyl (C=O) groups excluding carboxylic acids is 1. The van der Waals surface area contributed by atoms with Crippen molar-refractivity contribution in [1.29, 1.82) is 0 Å². The van der Waals surface area contributed by atoms with Gasteiger partial charge in [0, 0.05) is 28.6 Å². The molecule has 1 aliphatic rings. The summed E-state index contributed by atoms with van der Waals surface area (Å²) < 4.78 is 47.3. The van der Waals surface area contributed by atoms with Crippen molar-refractivity contribution in [2.45, 2.75) is 24.7 Å². The SMILES string of the molecule is COC(=O)c1ccc(C2=NOC(c3cc(Cl)cc(Cl)c3)(C(F)(F)F)C2)cc1CN(C)C. The minimum absolute atomic E-state index is 0.0545. The molecule has 0 N–H and O–H groups in total. The number of ether oxygens (including phenoxy) is 1. The molecular weight excluding hydrogens is 456 g/mol. The second-order valence-corrected chi connectivity index (χ2v) is 8.26. The van der Waals surface area contributed by atoms with E-state index in [1.807, 2.05) is 19.0 Å². The number of rotatable bonds is 5. The van der Waals surface area contributed by atoms with Gasteiger partial charge in [-0.3, -0.25) is 0 Å². The summed E-state index contributed by atoms with van der Waals surface area (Å²) in [5.41, 5.74) is -1.56. The molecule has 3 rings (SSSR count). The van der Waals surface area contributed by atoms with Crippen LogP contribution in [0.3, 0.4) is 0 Å². The number of carbonyl (C=O) groups is 1. The Kier molecular flexibility index (Phi) is 6.55. The molecule has 0 spiro atoms. The molecule has 0 saturated carbocycles. The van der Waals surface area contributed by atoms with Crippen LogP contribution >= 0.6 is 23.2 Å². The molecule has 10 heteroatoms. The largest absolute Gasteiger partial charge is 0.465 e. The van der Waals surface area contributed by atoms with Gasteiger partial charge in [0.05, 0.1) is 18.4 Å². The van der Waals surface area contributed by atoms with Crippen LogP contribution in [0.5, 0.6) is 0 Å². The Morgan fingerprint density at radius 3 is 2.39 bits per heavy atom. The Hall–Kier alpha value is -2.29. The summed E-state index contributed by atoms with van der Waals surface area (Å²) in [7, 11) is 4.88. The van der Waals surface area contributed by atoms with Gasteiger partial charge in [0.25, 0.3) is 5.60 Å². The molecule has 1 heterocycles. The van der Waals surface area contributed by atoms with Crippen molar-refractivity contribution in [3.8, 4) is 0 Å². The number of hydrogen-bond donors (Lipinski definition) is 0. The number of nitrogens with zero attached hydrogens (tertiary/aromatic N) is 2. The van der Waals surface area contributed by atoms with Crippen molar-refractivity contribution in [2.75, 3.05) is 21.2 Å². The zero-order valence-electron chi connectivity index (χ0n) is 16.9. The first-order chi connectivity index (χ1) is 14.5. The Morgan fingerprint density at radius 2 is 1.84 bits per heavy atom. The van der Waals surface area contributed by atoms with E-state index in [1.165, 1.54) is 25.3 Å². The summed E-state index contributed by atoms with van der Waals surface area (Å²) in [6.45, 7) is 0.376. The lowest BCUT2D eigenvalue weighted by Crippen LogP contribution is -2.42. The van der Waals surface area contributed by atoms with E-state index in [9.17, 15) is 18.0 Å².